The first-order valence-corrected chi connectivity index (χ1v) is 7.85. The van der Waals surface area contributed by atoms with Crippen molar-refractivity contribution in [3.8, 4) is 10.6 Å². The van der Waals surface area contributed by atoms with E-state index in [1.807, 2.05) is 17.5 Å². The molecule has 0 saturated carbocycles. The van der Waals surface area contributed by atoms with Gasteiger partial charge in [-0.2, -0.15) is 0 Å². The van der Waals surface area contributed by atoms with Gasteiger partial charge in [0.15, 0.2) is 17.5 Å². The predicted octanol–water partition coefficient (Wildman–Crippen LogP) is 4.16. The van der Waals surface area contributed by atoms with E-state index in [0.717, 1.165) is 28.3 Å². The molecule has 1 amide bonds. The number of hydrogen-bond donors (Lipinski definition) is 1. The molecule has 2 aromatic carbocycles. The van der Waals surface area contributed by atoms with E-state index in [1.165, 1.54) is 11.3 Å². The molecule has 3 nitrogen and oxygen atoms in total. The lowest BCUT2D eigenvalue weighted by Gasteiger charge is -2.10. The van der Waals surface area contributed by atoms with Gasteiger partial charge in [-0.05, 0) is 17.7 Å². The molecule has 0 radical (unpaired) electrons. The van der Waals surface area contributed by atoms with E-state index in [1.54, 1.807) is 18.3 Å². The summed E-state index contributed by atoms with van der Waals surface area (Å²) in [6.45, 7) is 0.104. The number of rotatable bonds is 4. The fourth-order valence-corrected chi connectivity index (χ4v) is 2.91. The van der Waals surface area contributed by atoms with Crippen molar-refractivity contribution < 1.29 is 18.0 Å². The average Bonchev–Trinajstić information content (AvgIpc) is 3.12. The van der Waals surface area contributed by atoms with Gasteiger partial charge < -0.3 is 5.32 Å². The largest absolute Gasteiger partial charge is 0.348 e. The quantitative estimate of drug-likeness (QED) is 0.720. The molecule has 122 valence electrons. The number of thiazole rings is 1. The molecule has 7 heteroatoms. The van der Waals surface area contributed by atoms with Crippen molar-refractivity contribution in [3.05, 3.63) is 76.6 Å². The van der Waals surface area contributed by atoms with Crippen LogP contribution in [-0.2, 0) is 6.54 Å². The van der Waals surface area contributed by atoms with Crippen molar-refractivity contribution >= 4 is 17.2 Å². The lowest BCUT2D eigenvalue weighted by Crippen LogP contribution is -2.24. The molecule has 3 rings (SSSR count). The van der Waals surface area contributed by atoms with E-state index in [4.69, 9.17) is 0 Å². The number of benzene rings is 2. The molecule has 0 unspecified atom stereocenters. The fourth-order valence-electron chi connectivity index (χ4n) is 2.21. The van der Waals surface area contributed by atoms with Crippen LogP contribution in [0, 0.1) is 17.5 Å². The third kappa shape index (κ3) is 3.16. The van der Waals surface area contributed by atoms with Gasteiger partial charge in [0.2, 0.25) is 0 Å². The maximum absolute atomic E-state index is 13.7. The molecule has 1 N–H and O–H groups in total. The Morgan fingerprint density at radius 1 is 1.08 bits per heavy atom. The minimum atomic E-state index is -1.66. The molecule has 0 atom stereocenters. The minimum Gasteiger partial charge on any atom is -0.348 e. The van der Waals surface area contributed by atoms with Gasteiger partial charge in [0.05, 0.1) is 5.56 Å². The maximum atomic E-state index is 13.7. The average molecular weight is 348 g/mol. The molecule has 0 aliphatic rings. The Kier molecular flexibility index (Phi) is 4.61. The Bertz CT molecular complexity index is 882. The lowest BCUT2D eigenvalue weighted by atomic mass is 10.1. The Morgan fingerprint density at radius 3 is 2.62 bits per heavy atom. The van der Waals surface area contributed by atoms with E-state index < -0.39 is 28.9 Å². The monoisotopic (exact) mass is 348 g/mol. The van der Waals surface area contributed by atoms with Crippen molar-refractivity contribution in [1.29, 1.82) is 0 Å². The van der Waals surface area contributed by atoms with Gasteiger partial charge in [-0.3, -0.25) is 4.79 Å². The Balaban J connectivity index is 1.80. The third-order valence-electron chi connectivity index (χ3n) is 3.40. The molecule has 0 fully saturated rings. The molecule has 0 spiro atoms. The Morgan fingerprint density at radius 2 is 1.88 bits per heavy atom. The number of nitrogens with one attached hydrogen (secondary N) is 1. The summed E-state index contributed by atoms with van der Waals surface area (Å²) in [4.78, 5) is 16.3. The summed E-state index contributed by atoms with van der Waals surface area (Å²) in [7, 11) is 0. The van der Waals surface area contributed by atoms with Gasteiger partial charge in [0.1, 0.15) is 5.01 Å². The summed E-state index contributed by atoms with van der Waals surface area (Å²) in [5, 5.41) is 5.14. The first kappa shape index (κ1) is 16.2. The number of carbonyl (C=O) groups is 1. The van der Waals surface area contributed by atoms with Crippen LogP contribution in [0.3, 0.4) is 0 Å². The van der Waals surface area contributed by atoms with Crippen LogP contribution >= 0.6 is 11.3 Å². The smallest absolute Gasteiger partial charge is 0.254 e. The summed E-state index contributed by atoms with van der Waals surface area (Å²) in [6.07, 6.45) is 1.67. The van der Waals surface area contributed by atoms with Crippen molar-refractivity contribution in [2.75, 3.05) is 0 Å². The van der Waals surface area contributed by atoms with E-state index >= 15 is 0 Å². The summed E-state index contributed by atoms with van der Waals surface area (Å²) < 4.78 is 39.8. The standard InChI is InChI=1S/C17H11F3N2OS/c18-13-6-5-12(14(19)15(13)20)16(23)22-9-10-3-1-2-4-11(10)17-21-7-8-24-17/h1-8H,9H2,(H,22,23). The van der Waals surface area contributed by atoms with Crippen molar-refractivity contribution in [2.45, 2.75) is 6.54 Å². The van der Waals surface area contributed by atoms with Crippen LogP contribution in [0.4, 0.5) is 13.2 Å². The van der Waals surface area contributed by atoms with Crippen LogP contribution in [0.15, 0.2) is 48.0 Å². The summed E-state index contributed by atoms with van der Waals surface area (Å²) >= 11 is 1.45. The zero-order chi connectivity index (χ0) is 17.1. The number of amides is 1. The van der Waals surface area contributed by atoms with Crippen LogP contribution in [-0.4, -0.2) is 10.9 Å². The van der Waals surface area contributed by atoms with Crippen molar-refractivity contribution in [2.24, 2.45) is 0 Å². The highest BCUT2D eigenvalue weighted by atomic mass is 32.1. The van der Waals surface area contributed by atoms with Crippen LogP contribution in [0.1, 0.15) is 15.9 Å². The second-order valence-corrected chi connectivity index (χ2v) is 5.79. The maximum Gasteiger partial charge on any atom is 0.254 e. The SMILES string of the molecule is O=C(NCc1ccccc1-c1nccs1)c1ccc(F)c(F)c1F. The Hall–Kier alpha value is -2.67. The van der Waals surface area contributed by atoms with Crippen LogP contribution in [0.25, 0.3) is 10.6 Å². The molecule has 0 aliphatic carbocycles. The molecule has 0 bridgehead atoms. The first-order valence-electron chi connectivity index (χ1n) is 6.97. The van der Waals surface area contributed by atoms with E-state index in [9.17, 15) is 18.0 Å². The molecule has 0 saturated heterocycles. The summed E-state index contributed by atoms with van der Waals surface area (Å²) in [6, 6.07) is 8.94. The van der Waals surface area contributed by atoms with Crippen LogP contribution in [0.5, 0.6) is 0 Å². The predicted molar refractivity (Wildman–Crippen MR) is 85.0 cm³/mol. The molecule has 24 heavy (non-hydrogen) atoms. The van der Waals surface area contributed by atoms with E-state index in [0.29, 0.717) is 0 Å². The third-order valence-corrected chi connectivity index (χ3v) is 4.21. The zero-order valence-corrected chi connectivity index (χ0v) is 13.0. The number of hydrogen-bond acceptors (Lipinski definition) is 3. The first-order chi connectivity index (χ1) is 11.6. The molecule has 3 aromatic rings. The zero-order valence-electron chi connectivity index (χ0n) is 12.2. The highest BCUT2D eigenvalue weighted by Gasteiger charge is 2.19. The highest BCUT2D eigenvalue weighted by Crippen LogP contribution is 2.25. The fraction of sp³-hybridized carbons (Fsp3) is 0.0588. The number of nitrogens with zero attached hydrogens (tertiary/aromatic N) is 1. The second-order valence-electron chi connectivity index (χ2n) is 4.90. The normalized spacial score (nSPS) is 10.6. The number of aromatic nitrogens is 1. The number of carbonyl (C=O) groups excluding carboxylic acids is 1. The summed E-state index contributed by atoms with van der Waals surface area (Å²) in [5.74, 6) is -5.31. The lowest BCUT2D eigenvalue weighted by molar-refractivity contribution is 0.0945. The molecule has 1 aromatic heterocycles. The van der Waals surface area contributed by atoms with Crippen molar-refractivity contribution in [3.63, 3.8) is 0 Å². The van der Waals surface area contributed by atoms with Gasteiger partial charge in [-0.1, -0.05) is 24.3 Å². The minimum absolute atomic E-state index is 0.104. The van der Waals surface area contributed by atoms with Gasteiger partial charge >= 0.3 is 0 Å². The topological polar surface area (TPSA) is 42.0 Å². The molecular weight excluding hydrogens is 337 g/mol. The molecule has 1 heterocycles. The van der Waals surface area contributed by atoms with Crippen molar-refractivity contribution in [1.82, 2.24) is 10.3 Å². The van der Waals surface area contributed by atoms with Crippen LogP contribution < -0.4 is 5.32 Å². The Labute approximate surface area is 139 Å². The highest BCUT2D eigenvalue weighted by molar-refractivity contribution is 7.13. The van der Waals surface area contributed by atoms with Gasteiger partial charge in [-0.15, -0.1) is 11.3 Å². The van der Waals surface area contributed by atoms with Gasteiger partial charge in [0.25, 0.3) is 5.91 Å². The van der Waals surface area contributed by atoms with E-state index in [2.05, 4.69) is 10.3 Å². The van der Waals surface area contributed by atoms with Gasteiger partial charge in [-0.25, -0.2) is 18.2 Å². The molecular formula is C17H11F3N2OS. The second kappa shape index (κ2) is 6.84. The van der Waals surface area contributed by atoms with Crippen LogP contribution in [0.2, 0.25) is 0 Å². The van der Waals surface area contributed by atoms with E-state index in [-0.39, 0.29) is 6.54 Å². The molecule has 0 aliphatic heterocycles. The number of halogens is 3. The summed E-state index contributed by atoms with van der Waals surface area (Å²) in [5.41, 5.74) is 1.09. The van der Waals surface area contributed by atoms with Gasteiger partial charge in [0, 0.05) is 23.7 Å².